The molecule has 2 rings (SSSR count). The molecule has 10 heteroatoms. The van der Waals surface area contributed by atoms with Crippen molar-refractivity contribution >= 4 is 43.3 Å². The quantitative estimate of drug-likeness (QED) is 0.467. The van der Waals surface area contributed by atoms with Gasteiger partial charge >= 0.3 is 0 Å². The molecule has 0 radical (unpaired) electrons. The van der Waals surface area contributed by atoms with Gasteiger partial charge in [0.15, 0.2) is 0 Å². The highest BCUT2D eigenvalue weighted by atomic mass is 35.5. The molecule has 0 saturated carbocycles. The molecule has 172 valence electrons. The van der Waals surface area contributed by atoms with E-state index in [1.165, 1.54) is 16.4 Å². The van der Waals surface area contributed by atoms with E-state index in [2.05, 4.69) is 0 Å². The fraction of sp³-hybridized carbons (Fsp3) is 0.429. The molecular weight excluding hydrogens is 481 g/mol. The molecule has 0 aromatic heterocycles. The molecule has 0 N–H and O–H groups in total. The highest BCUT2D eigenvalue weighted by Crippen LogP contribution is 2.28. The average Bonchev–Trinajstić information content (AvgIpc) is 2.63. The summed E-state index contributed by atoms with van der Waals surface area (Å²) in [5.74, 6) is 0. The van der Waals surface area contributed by atoms with Crippen LogP contribution in [0.25, 0.3) is 0 Å². The van der Waals surface area contributed by atoms with Crippen molar-refractivity contribution in [2.75, 3.05) is 13.2 Å². The Bertz CT molecular complexity index is 1190. The Morgan fingerprint density at radius 3 is 1.74 bits per heavy atom. The Labute approximate surface area is 195 Å². The van der Waals surface area contributed by atoms with E-state index in [0.717, 1.165) is 0 Å². The summed E-state index contributed by atoms with van der Waals surface area (Å²) in [5.41, 5.74) is 2.22. The van der Waals surface area contributed by atoms with Crippen LogP contribution in [0, 0.1) is 27.7 Å². The second-order valence-electron chi connectivity index (χ2n) is 7.72. The van der Waals surface area contributed by atoms with Crippen LogP contribution in [-0.2, 0) is 24.3 Å². The summed E-state index contributed by atoms with van der Waals surface area (Å²) in [7, 11) is -7.97. The van der Waals surface area contributed by atoms with E-state index in [9.17, 15) is 16.8 Å². The number of hydrogen-bond acceptors (Lipinski definition) is 5. The first-order valence-electron chi connectivity index (χ1n) is 9.63. The fourth-order valence-electron chi connectivity index (χ4n) is 3.14. The Kier molecular flexibility index (Phi) is 8.22. The van der Waals surface area contributed by atoms with E-state index in [-0.39, 0.29) is 22.9 Å². The fourth-order valence-corrected chi connectivity index (χ4v) is 6.68. The Balaban J connectivity index is 2.27. The third-order valence-electron chi connectivity index (χ3n) is 4.89. The van der Waals surface area contributed by atoms with Crippen molar-refractivity contribution < 1.29 is 21.0 Å². The molecule has 31 heavy (non-hydrogen) atoms. The number of halogens is 2. The standard InChI is InChI=1S/C21H27Cl2NO5S2/c1-13(2)24(30(25,26)20-11-14(3)18(22)9-16(20)5)7-8-29-31(27,28)21-12-15(4)19(23)10-17(21)6/h9-13H,7-8H2,1-6H3. The highest BCUT2D eigenvalue weighted by Gasteiger charge is 2.30. The van der Waals surface area contributed by atoms with E-state index >= 15 is 0 Å². The van der Waals surface area contributed by atoms with Gasteiger partial charge in [-0.2, -0.15) is 12.7 Å². The molecule has 0 bridgehead atoms. The van der Waals surface area contributed by atoms with Crippen LogP contribution in [0.3, 0.4) is 0 Å². The van der Waals surface area contributed by atoms with Crippen molar-refractivity contribution in [3.63, 3.8) is 0 Å². The zero-order valence-corrected chi connectivity index (χ0v) is 21.5. The molecule has 2 aromatic rings. The predicted octanol–water partition coefficient (Wildman–Crippen LogP) is 5.03. The summed E-state index contributed by atoms with van der Waals surface area (Å²) in [6, 6.07) is 5.73. The number of sulfonamides is 1. The molecule has 0 atom stereocenters. The van der Waals surface area contributed by atoms with Gasteiger partial charge in [0.1, 0.15) is 0 Å². The molecule has 0 heterocycles. The highest BCUT2D eigenvalue weighted by molar-refractivity contribution is 7.89. The summed E-state index contributed by atoms with van der Waals surface area (Å²) in [4.78, 5) is 0.146. The molecule has 0 aliphatic rings. The van der Waals surface area contributed by atoms with Gasteiger partial charge < -0.3 is 0 Å². The van der Waals surface area contributed by atoms with Gasteiger partial charge in [-0.05, 0) is 88.1 Å². The molecule has 0 unspecified atom stereocenters. The SMILES string of the molecule is Cc1cc(S(=O)(=O)OCCN(C(C)C)S(=O)(=O)c2cc(C)c(Cl)cc2C)c(C)cc1Cl. The van der Waals surface area contributed by atoms with E-state index in [1.54, 1.807) is 53.7 Å². The van der Waals surface area contributed by atoms with E-state index in [0.29, 0.717) is 32.3 Å². The smallest absolute Gasteiger partial charge is 0.265 e. The van der Waals surface area contributed by atoms with Crippen LogP contribution in [0.2, 0.25) is 10.0 Å². The molecule has 2 aromatic carbocycles. The normalized spacial score (nSPS) is 12.7. The second kappa shape index (κ2) is 9.77. The minimum Gasteiger partial charge on any atom is -0.265 e. The number of nitrogens with zero attached hydrogens (tertiary/aromatic N) is 1. The van der Waals surface area contributed by atoms with Gasteiger partial charge in [0, 0.05) is 22.6 Å². The Morgan fingerprint density at radius 1 is 0.806 bits per heavy atom. The van der Waals surface area contributed by atoms with Gasteiger partial charge in [-0.15, -0.1) is 0 Å². The van der Waals surface area contributed by atoms with Gasteiger partial charge in [0.25, 0.3) is 10.1 Å². The Hall–Kier alpha value is -1.16. The van der Waals surface area contributed by atoms with Crippen molar-refractivity contribution in [3.8, 4) is 0 Å². The topological polar surface area (TPSA) is 80.8 Å². The van der Waals surface area contributed by atoms with Crippen LogP contribution in [0.15, 0.2) is 34.1 Å². The van der Waals surface area contributed by atoms with Crippen LogP contribution in [0.5, 0.6) is 0 Å². The third kappa shape index (κ3) is 5.80. The lowest BCUT2D eigenvalue weighted by molar-refractivity contribution is 0.256. The lowest BCUT2D eigenvalue weighted by Gasteiger charge is -2.27. The predicted molar refractivity (Wildman–Crippen MR) is 124 cm³/mol. The Morgan fingerprint density at radius 2 is 1.26 bits per heavy atom. The molecule has 0 fully saturated rings. The number of aryl methyl sites for hydroxylation is 4. The van der Waals surface area contributed by atoms with E-state index in [1.807, 2.05) is 0 Å². The van der Waals surface area contributed by atoms with Gasteiger partial charge in [-0.25, -0.2) is 8.42 Å². The summed E-state index contributed by atoms with van der Waals surface area (Å²) in [5, 5.41) is 0.942. The van der Waals surface area contributed by atoms with Crippen molar-refractivity contribution in [2.24, 2.45) is 0 Å². The minimum absolute atomic E-state index is 0.0116. The van der Waals surface area contributed by atoms with Crippen LogP contribution in [0.1, 0.15) is 36.1 Å². The van der Waals surface area contributed by atoms with E-state index < -0.39 is 26.2 Å². The maximum Gasteiger partial charge on any atom is 0.297 e. The van der Waals surface area contributed by atoms with Gasteiger partial charge in [0.05, 0.1) is 16.4 Å². The molecule has 0 saturated heterocycles. The van der Waals surface area contributed by atoms with Crippen LogP contribution < -0.4 is 0 Å². The second-order valence-corrected chi connectivity index (χ2v) is 12.0. The number of hydrogen-bond donors (Lipinski definition) is 0. The summed E-state index contributed by atoms with van der Waals surface area (Å²) in [6.45, 7) is 9.70. The van der Waals surface area contributed by atoms with Crippen molar-refractivity contribution in [3.05, 3.63) is 56.6 Å². The summed E-state index contributed by atoms with van der Waals surface area (Å²) < 4.78 is 58.3. The average molecular weight is 508 g/mol. The van der Waals surface area contributed by atoms with Crippen LogP contribution in [0.4, 0.5) is 0 Å². The zero-order chi connectivity index (χ0) is 23.7. The third-order valence-corrected chi connectivity index (χ3v) is 9.38. The molecule has 0 aliphatic carbocycles. The first-order valence-corrected chi connectivity index (χ1v) is 13.2. The first kappa shape index (κ1) is 26.1. The zero-order valence-electron chi connectivity index (χ0n) is 18.4. The van der Waals surface area contributed by atoms with Crippen LogP contribution in [-0.4, -0.2) is 40.3 Å². The largest absolute Gasteiger partial charge is 0.297 e. The molecule has 0 amide bonds. The van der Waals surface area contributed by atoms with Gasteiger partial charge in [-0.3, -0.25) is 4.18 Å². The number of benzene rings is 2. The van der Waals surface area contributed by atoms with Gasteiger partial charge in [0.2, 0.25) is 10.0 Å². The summed E-state index contributed by atoms with van der Waals surface area (Å²) >= 11 is 12.1. The monoisotopic (exact) mass is 507 g/mol. The van der Waals surface area contributed by atoms with Gasteiger partial charge in [-0.1, -0.05) is 23.2 Å². The van der Waals surface area contributed by atoms with Crippen molar-refractivity contribution in [2.45, 2.75) is 57.4 Å². The van der Waals surface area contributed by atoms with Crippen molar-refractivity contribution in [1.82, 2.24) is 4.31 Å². The molecule has 6 nitrogen and oxygen atoms in total. The molecular formula is C21H27Cl2NO5S2. The van der Waals surface area contributed by atoms with Crippen LogP contribution >= 0.6 is 23.2 Å². The lowest BCUT2D eigenvalue weighted by Crippen LogP contribution is -2.40. The minimum atomic E-state index is -4.08. The molecule has 0 aliphatic heterocycles. The maximum absolute atomic E-state index is 13.3. The van der Waals surface area contributed by atoms with Crippen molar-refractivity contribution in [1.29, 1.82) is 0 Å². The maximum atomic E-state index is 13.3. The number of rotatable bonds is 8. The first-order chi connectivity index (χ1) is 14.2. The van der Waals surface area contributed by atoms with E-state index in [4.69, 9.17) is 27.4 Å². The summed E-state index contributed by atoms with van der Waals surface area (Å²) in [6.07, 6.45) is 0. The molecule has 0 spiro atoms. The lowest BCUT2D eigenvalue weighted by atomic mass is 10.2.